The van der Waals surface area contributed by atoms with Gasteiger partial charge in [0.1, 0.15) is 11.7 Å². The lowest BCUT2D eigenvalue weighted by Crippen LogP contribution is -2.54. The van der Waals surface area contributed by atoms with Crippen LogP contribution >= 0.6 is 0 Å². The molecule has 0 aromatic rings. The fourth-order valence-electron chi connectivity index (χ4n) is 5.24. The maximum absolute atomic E-state index is 12.4. The fourth-order valence-corrected chi connectivity index (χ4v) is 5.24. The molecule has 1 rings (SSSR count). The highest BCUT2D eigenvalue weighted by Gasteiger charge is 2.47. The molecule has 5 heteroatoms. The number of ether oxygens (including phenoxy) is 1. The molecule has 1 saturated heterocycles. The van der Waals surface area contributed by atoms with Gasteiger partial charge >= 0.3 is 5.97 Å². The Morgan fingerprint density at radius 1 is 0.829 bits per heavy atom. The van der Waals surface area contributed by atoms with Crippen molar-refractivity contribution in [1.82, 2.24) is 0 Å². The molecule has 0 amide bonds. The van der Waals surface area contributed by atoms with Gasteiger partial charge in [-0.05, 0) is 26.2 Å². The van der Waals surface area contributed by atoms with E-state index in [1.165, 1.54) is 110 Å². The second kappa shape index (κ2) is 20.2. The Morgan fingerprint density at radius 2 is 1.23 bits per heavy atom. The minimum Gasteiger partial charge on any atom is -0.465 e. The number of hydrogen-bond donors (Lipinski definition) is 2. The predicted octanol–water partition coefficient (Wildman–Crippen LogP) is 7.44. The highest BCUT2D eigenvalue weighted by molar-refractivity contribution is 5.85. The summed E-state index contributed by atoms with van der Waals surface area (Å²) in [4.78, 5) is 24.3. The monoisotopic (exact) mass is 496 g/mol. The summed E-state index contributed by atoms with van der Waals surface area (Å²) in [5, 5.41) is 21.0. The van der Waals surface area contributed by atoms with Gasteiger partial charge in [-0.1, -0.05) is 122 Å². The zero-order valence-corrected chi connectivity index (χ0v) is 23.0. The smallest absolute Gasteiger partial charge is 0.311 e. The lowest BCUT2D eigenvalue weighted by atomic mass is 9.78. The van der Waals surface area contributed by atoms with Crippen molar-refractivity contribution in [2.45, 2.75) is 167 Å². The van der Waals surface area contributed by atoms with Crippen LogP contribution in [0.5, 0.6) is 0 Å². The Hall–Kier alpha value is -0.940. The van der Waals surface area contributed by atoms with Crippen molar-refractivity contribution in [3.63, 3.8) is 0 Å². The molecule has 1 fully saturated rings. The molecule has 3 atom stereocenters. The minimum atomic E-state index is -1.76. The molecule has 1 aliphatic rings. The van der Waals surface area contributed by atoms with Crippen LogP contribution in [0.25, 0.3) is 0 Å². The third-order valence-corrected chi connectivity index (χ3v) is 7.76. The lowest BCUT2D eigenvalue weighted by molar-refractivity contribution is -0.177. The number of hydrogen-bond acceptors (Lipinski definition) is 5. The molecule has 3 unspecified atom stereocenters. The topological polar surface area (TPSA) is 83.8 Å². The molecule has 0 aromatic heterocycles. The predicted molar refractivity (Wildman–Crippen MR) is 143 cm³/mol. The normalized spacial score (nSPS) is 18.7. The molecule has 2 N–H and O–H groups in total. The van der Waals surface area contributed by atoms with Crippen LogP contribution < -0.4 is 0 Å². The van der Waals surface area contributed by atoms with E-state index in [1.807, 2.05) is 0 Å². The average molecular weight is 497 g/mol. The number of aliphatic hydroxyl groups excluding tert-OH is 1. The Morgan fingerprint density at radius 3 is 1.63 bits per heavy atom. The van der Waals surface area contributed by atoms with E-state index in [2.05, 4.69) is 6.92 Å². The minimum absolute atomic E-state index is 0.248. The molecule has 0 radical (unpaired) electrons. The Balaban J connectivity index is 1.90. The van der Waals surface area contributed by atoms with E-state index in [-0.39, 0.29) is 12.2 Å². The number of rotatable bonds is 23. The molecule has 1 aliphatic heterocycles. The number of cyclic esters (lactones) is 1. The van der Waals surface area contributed by atoms with Crippen molar-refractivity contribution < 1.29 is 24.5 Å². The first kappa shape index (κ1) is 32.1. The standard InChI is InChI=1S/C30H56O5/c1-3-4-5-6-7-8-9-10-11-12-13-14-15-16-17-18-19-20-21-24-27(31)28(32)30(2,34)26-23-22-25-35-29(26)33/h26,28,32,34H,3-25H2,1-2H3. The summed E-state index contributed by atoms with van der Waals surface area (Å²) in [5.74, 6) is -1.72. The van der Waals surface area contributed by atoms with E-state index in [0.29, 0.717) is 19.4 Å². The molecule has 35 heavy (non-hydrogen) atoms. The molecule has 0 spiro atoms. The summed E-state index contributed by atoms with van der Waals surface area (Å²) < 4.78 is 4.99. The Kier molecular flexibility index (Phi) is 18.5. The number of carbonyl (C=O) groups excluding carboxylic acids is 2. The second-order valence-corrected chi connectivity index (χ2v) is 11.1. The molecule has 0 bridgehead atoms. The SMILES string of the molecule is CCCCCCCCCCCCCCCCCCCCCC(=O)C(O)C(C)(O)C1CCCOC1=O. The van der Waals surface area contributed by atoms with Crippen LogP contribution in [0.15, 0.2) is 0 Å². The zero-order chi connectivity index (χ0) is 25.8. The maximum Gasteiger partial charge on any atom is 0.311 e. The molecule has 5 nitrogen and oxygen atoms in total. The van der Waals surface area contributed by atoms with Crippen molar-refractivity contribution in [3.05, 3.63) is 0 Å². The van der Waals surface area contributed by atoms with Crippen LogP contribution in [0.1, 0.15) is 155 Å². The van der Waals surface area contributed by atoms with Crippen LogP contribution in [-0.4, -0.2) is 40.3 Å². The Labute approximate surface area is 215 Å². The van der Waals surface area contributed by atoms with Crippen molar-refractivity contribution in [2.24, 2.45) is 5.92 Å². The Bertz CT molecular complexity index is 545. The number of esters is 1. The molecule has 0 aromatic carbocycles. The van der Waals surface area contributed by atoms with Crippen LogP contribution in [0, 0.1) is 5.92 Å². The van der Waals surface area contributed by atoms with Gasteiger partial charge in [0, 0.05) is 6.42 Å². The summed E-state index contributed by atoms with van der Waals surface area (Å²) in [5.41, 5.74) is -1.76. The van der Waals surface area contributed by atoms with Gasteiger partial charge in [0.05, 0.1) is 12.5 Å². The first-order chi connectivity index (χ1) is 16.9. The molecule has 0 saturated carbocycles. The summed E-state index contributed by atoms with van der Waals surface area (Å²) in [7, 11) is 0. The van der Waals surface area contributed by atoms with E-state index >= 15 is 0 Å². The first-order valence-corrected chi connectivity index (χ1v) is 15.0. The van der Waals surface area contributed by atoms with Crippen LogP contribution in [0.4, 0.5) is 0 Å². The van der Waals surface area contributed by atoms with E-state index < -0.39 is 23.6 Å². The highest BCUT2D eigenvalue weighted by Crippen LogP contribution is 2.31. The largest absolute Gasteiger partial charge is 0.465 e. The van der Waals surface area contributed by atoms with Crippen LogP contribution in [-0.2, 0) is 14.3 Å². The maximum atomic E-state index is 12.4. The van der Waals surface area contributed by atoms with E-state index in [1.54, 1.807) is 0 Å². The average Bonchev–Trinajstić information content (AvgIpc) is 2.85. The first-order valence-electron chi connectivity index (χ1n) is 15.0. The summed E-state index contributed by atoms with van der Waals surface area (Å²) >= 11 is 0. The third-order valence-electron chi connectivity index (χ3n) is 7.76. The second-order valence-electron chi connectivity index (χ2n) is 11.1. The van der Waals surface area contributed by atoms with E-state index in [4.69, 9.17) is 4.74 Å². The summed E-state index contributed by atoms with van der Waals surface area (Å²) in [6.07, 6.45) is 24.5. The number of carbonyl (C=O) groups is 2. The van der Waals surface area contributed by atoms with Gasteiger partial charge in [-0.25, -0.2) is 0 Å². The van der Waals surface area contributed by atoms with Crippen molar-refractivity contribution in [2.75, 3.05) is 6.61 Å². The van der Waals surface area contributed by atoms with Crippen molar-refractivity contribution >= 4 is 11.8 Å². The molecule has 206 valence electrons. The molecule has 1 heterocycles. The van der Waals surface area contributed by atoms with Crippen molar-refractivity contribution in [3.8, 4) is 0 Å². The zero-order valence-electron chi connectivity index (χ0n) is 23.0. The van der Waals surface area contributed by atoms with Crippen LogP contribution in [0.2, 0.25) is 0 Å². The number of Topliss-reactive ketones (excluding diaryl/α,β-unsaturated/α-hetero) is 1. The summed E-state index contributed by atoms with van der Waals surface area (Å²) in [6, 6.07) is 0. The van der Waals surface area contributed by atoms with Gasteiger partial charge in [0.25, 0.3) is 0 Å². The van der Waals surface area contributed by atoms with Gasteiger partial charge < -0.3 is 14.9 Å². The van der Waals surface area contributed by atoms with Crippen LogP contribution in [0.3, 0.4) is 0 Å². The van der Waals surface area contributed by atoms with Gasteiger partial charge in [0.15, 0.2) is 5.78 Å². The fraction of sp³-hybridized carbons (Fsp3) is 0.933. The highest BCUT2D eigenvalue weighted by atomic mass is 16.5. The quantitative estimate of drug-likeness (QED) is 0.113. The van der Waals surface area contributed by atoms with Crippen molar-refractivity contribution in [1.29, 1.82) is 0 Å². The van der Waals surface area contributed by atoms with Gasteiger partial charge in [-0.15, -0.1) is 0 Å². The lowest BCUT2D eigenvalue weighted by Gasteiger charge is -2.36. The molecular weight excluding hydrogens is 440 g/mol. The number of aliphatic hydroxyl groups is 2. The van der Waals surface area contributed by atoms with E-state index in [9.17, 15) is 19.8 Å². The van der Waals surface area contributed by atoms with Gasteiger partial charge in [0.2, 0.25) is 0 Å². The molecular formula is C30H56O5. The van der Waals surface area contributed by atoms with Gasteiger partial charge in [-0.2, -0.15) is 0 Å². The van der Waals surface area contributed by atoms with Gasteiger partial charge in [-0.3, -0.25) is 9.59 Å². The number of unbranched alkanes of at least 4 members (excludes halogenated alkanes) is 18. The summed E-state index contributed by atoms with van der Waals surface area (Å²) in [6.45, 7) is 3.99. The van der Waals surface area contributed by atoms with E-state index in [0.717, 1.165) is 19.3 Å². The number of ketones is 1. The third kappa shape index (κ3) is 14.4. The molecule has 0 aliphatic carbocycles.